The number of halogens is 4. The fourth-order valence-corrected chi connectivity index (χ4v) is 2.50. The summed E-state index contributed by atoms with van der Waals surface area (Å²) in [6.07, 6.45) is 0. The van der Waals surface area contributed by atoms with Crippen molar-refractivity contribution in [1.82, 2.24) is 0 Å². The lowest BCUT2D eigenvalue weighted by molar-refractivity contribution is 0.507. The molecule has 17 heavy (non-hydrogen) atoms. The SMILES string of the molecule is Fc1ccc(C(Cl)c2ccccc2Br)cc1F. The molecule has 0 spiro atoms. The van der Waals surface area contributed by atoms with Gasteiger partial charge in [-0.2, -0.15) is 0 Å². The number of benzene rings is 2. The number of hydrogen-bond donors (Lipinski definition) is 0. The van der Waals surface area contributed by atoms with Gasteiger partial charge < -0.3 is 0 Å². The largest absolute Gasteiger partial charge is 0.204 e. The fourth-order valence-electron chi connectivity index (χ4n) is 1.53. The van der Waals surface area contributed by atoms with Crippen LogP contribution >= 0.6 is 27.5 Å². The quantitative estimate of drug-likeness (QED) is 0.680. The predicted molar refractivity (Wildman–Crippen MR) is 68.2 cm³/mol. The van der Waals surface area contributed by atoms with Gasteiger partial charge in [-0.25, -0.2) is 8.78 Å². The second kappa shape index (κ2) is 5.15. The predicted octanol–water partition coefficient (Wildman–Crippen LogP) is 5.06. The van der Waals surface area contributed by atoms with E-state index >= 15 is 0 Å². The molecule has 0 nitrogen and oxygen atoms in total. The van der Waals surface area contributed by atoms with Crippen LogP contribution in [0.1, 0.15) is 16.5 Å². The van der Waals surface area contributed by atoms with Crippen molar-refractivity contribution < 1.29 is 8.78 Å². The zero-order valence-corrected chi connectivity index (χ0v) is 11.0. The van der Waals surface area contributed by atoms with Crippen LogP contribution in [0.4, 0.5) is 8.78 Å². The summed E-state index contributed by atoms with van der Waals surface area (Å²) in [4.78, 5) is 0. The molecule has 0 aliphatic carbocycles. The van der Waals surface area contributed by atoms with Gasteiger partial charge in [0.25, 0.3) is 0 Å². The molecule has 0 amide bonds. The van der Waals surface area contributed by atoms with E-state index in [0.29, 0.717) is 5.56 Å². The van der Waals surface area contributed by atoms with Crippen LogP contribution < -0.4 is 0 Å². The molecule has 2 rings (SSSR count). The second-order valence-electron chi connectivity index (χ2n) is 3.56. The van der Waals surface area contributed by atoms with Crippen molar-refractivity contribution in [2.75, 3.05) is 0 Å². The van der Waals surface area contributed by atoms with E-state index in [1.54, 1.807) is 0 Å². The summed E-state index contributed by atoms with van der Waals surface area (Å²) in [5, 5.41) is -0.513. The summed E-state index contributed by atoms with van der Waals surface area (Å²) in [6.45, 7) is 0. The van der Waals surface area contributed by atoms with Gasteiger partial charge >= 0.3 is 0 Å². The molecular weight excluding hydrogens is 309 g/mol. The zero-order chi connectivity index (χ0) is 12.4. The first kappa shape index (κ1) is 12.5. The van der Waals surface area contributed by atoms with Crippen molar-refractivity contribution in [3.05, 3.63) is 69.7 Å². The lowest BCUT2D eigenvalue weighted by atomic mass is 10.0. The van der Waals surface area contributed by atoms with Crippen molar-refractivity contribution in [2.24, 2.45) is 0 Å². The van der Waals surface area contributed by atoms with Crippen LogP contribution in [0.25, 0.3) is 0 Å². The first-order valence-electron chi connectivity index (χ1n) is 4.93. The third-order valence-electron chi connectivity index (χ3n) is 2.41. The van der Waals surface area contributed by atoms with Gasteiger partial charge in [0, 0.05) is 4.47 Å². The molecule has 4 heteroatoms. The highest BCUT2D eigenvalue weighted by atomic mass is 79.9. The molecule has 0 saturated heterocycles. The molecule has 0 bridgehead atoms. The van der Waals surface area contributed by atoms with E-state index in [2.05, 4.69) is 15.9 Å². The van der Waals surface area contributed by atoms with Crippen LogP contribution in [0.5, 0.6) is 0 Å². The number of rotatable bonds is 2. The monoisotopic (exact) mass is 316 g/mol. The Morgan fingerprint density at radius 3 is 2.35 bits per heavy atom. The van der Waals surface area contributed by atoms with Gasteiger partial charge in [-0.1, -0.05) is 40.2 Å². The van der Waals surface area contributed by atoms with E-state index in [1.165, 1.54) is 6.07 Å². The lowest BCUT2D eigenvalue weighted by Crippen LogP contribution is -1.96. The van der Waals surface area contributed by atoms with Crippen molar-refractivity contribution in [2.45, 2.75) is 5.38 Å². The molecule has 1 unspecified atom stereocenters. The highest BCUT2D eigenvalue weighted by molar-refractivity contribution is 9.10. The average Bonchev–Trinajstić information content (AvgIpc) is 2.32. The van der Waals surface area contributed by atoms with Gasteiger partial charge in [0.05, 0.1) is 5.38 Å². The van der Waals surface area contributed by atoms with Gasteiger partial charge in [-0.15, -0.1) is 11.6 Å². The van der Waals surface area contributed by atoms with Crippen molar-refractivity contribution in [3.8, 4) is 0 Å². The molecule has 2 aromatic rings. The van der Waals surface area contributed by atoms with E-state index in [-0.39, 0.29) is 0 Å². The first-order valence-corrected chi connectivity index (χ1v) is 6.16. The molecule has 0 fully saturated rings. The Morgan fingerprint density at radius 1 is 1.00 bits per heavy atom. The van der Waals surface area contributed by atoms with Crippen LogP contribution in [0.15, 0.2) is 46.9 Å². The number of hydrogen-bond acceptors (Lipinski definition) is 0. The van der Waals surface area contributed by atoms with Gasteiger partial charge in [-0.3, -0.25) is 0 Å². The Balaban J connectivity index is 2.40. The van der Waals surface area contributed by atoms with Gasteiger partial charge in [0.15, 0.2) is 11.6 Å². The topological polar surface area (TPSA) is 0 Å². The van der Waals surface area contributed by atoms with Crippen molar-refractivity contribution in [1.29, 1.82) is 0 Å². The summed E-state index contributed by atoms with van der Waals surface area (Å²) in [5.41, 5.74) is 1.35. The van der Waals surface area contributed by atoms with Crippen LogP contribution in [0.3, 0.4) is 0 Å². The number of alkyl halides is 1. The van der Waals surface area contributed by atoms with Crippen LogP contribution in [-0.2, 0) is 0 Å². The fraction of sp³-hybridized carbons (Fsp3) is 0.0769. The third kappa shape index (κ3) is 2.67. The maximum atomic E-state index is 13.1. The Bertz CT molecular complexity index is 543. The van der Waals surface area contributed by atoms with E-state index in [1.807, 2.05) is 24.3 Å². The van der Waals surface area contributed by atoms with Gasteiger partial charge in [0.1, 0.15) is 0 Å². The first-order chi connectivity index (χ1) is 8.09. The summed E-state index contributed by atoms with van der Waals surface area (Å²) >= 11 is 9.62. The molecular formula is C13H8BrClF2. The molecule has 2 aromatic carbocycles. The van der Waals surface area contributed by atoms with E-state index in [0.717, 1.165) is 22.2 Å². The second-order valence-corrected chi connectivity index (χ2v) is 4.85. The Morgan fingerprint density at radius 2 is 1.71 bits per heavy atom. The van der Waals surface area contributed by atoms with E-state index in [4.69, 9.17) is 11.6 Å². The molecule has 0 aliphatic heterocycles. The molecule has 1 atom stereocenters. The van der Waals surface area contributed by atoms with E-state index in [9.17, 15) is 8.78 Å². The summed E-state index contributed by atoms with van der Waals surface area (Å²) in [5.74, 6) is -1.76. The third-order valence-corrected chi connectivity index (χ3v) is 3.62. The van der Waals surface area contributed by atoms with Crippen LogP contribution in [0.2, 0.25) is 0 Å². The Hall–Kier alpha value is -0.930. The normalized spacial score (nSPS) is 12.5. The minimum absolute atomic E-state index is 0.513. The van der Waals surface area contributed by atoms with Gasteiger partial charge in [-0.05, 0) is 29.3 Å². The molecule has 0 heterocycles. The summed E-state index contributed by atoms with van der Waals surface area (Å²) in [6, 6.07) is 11.1. The van der Waals surface area contributed by atoms with Crippen molar-refractivity contribution >= 4 is 27.5 Å². The standard InChI is InChI=1S/C13H8BrClF2/c14-10-4-2-1-3-9(10)13(15)8-5-6-11(16)12(17)7-8/h1-7,13H. The highest BCUT2D eigenvalue weighted by Gasteiger charge is 2.15. The Labute approximate surface area is 111 Å². The van der Waals surface area contributed by atoms with Crippen LogP contribution in [0, 0.1) is 11.6 Å². The lowest BCUT2D eigenvalue weighted by Gasteiger charge is -2.12. The van der Waals surface area contributed by atoms with Gasteiger partial charge in [0.2, 0.25) is 0 Å². The minimum Gasteiger partial charge on any atom is -0.204 e. The molecule has 0 aromatic heterocycles. The highest BCUT2D eigenvalue weighted by Crippen LogP contribution is 2.33. The minimum atomic E-state index is -0.889. The Kier molecular flexibility index (Phi) is 3.79. The van der Waals surface area contributed by atoms with Crippen molar-refractivity contribution in [3.63, 3.8) is 0 Å². The zero-order valence-electron chi connectivity index (χ0n) is 8.63. The maximum absolute atomic E-state index is 13.1. The molecule has 0 saturated carbocycles. The molecule has 0 radical (unpaired) electrons. The van der Waals surface area contributed by atoms with Crippen LogP contribution in [-0.4, -0.2) is 0 Å². The summed E-state index contributed by atoms with van der Waals surface area (Å²) < 4.78 is 26.8. The molecule has 0 aliphatic rings. The van der Waals surface area contributed by atoms with E-state index < -0.39 is 17.0 Å². The maximum Gasteiger partial charge on any atom is 0.159 e. The summed E-state index contributed by atoms with van der Waals surface area (Å²) in [7, 11) is 0. The molecule has 0 N–H and O–H groups in total. The smallest absolute Gasteiger partial charge is 0.159 e. The average molecular weight is 318 g/mol. The molecule has 88 valence electrons.